The molecule has 2 aromatic carbocycles. The number of aryl methyl sites for hydroxylation is 1. The van der Waals surface area contributed by atoms with Gasteiger partial charge in [-0.3, -0.25) is 0 Å². The topological polar surface area (TPSA) is 68.8 Å². The Morgan fingerprint density at radius 1 is 1.04 bits per heavy atom. The minimum absolute atomic E-state index is 0.495. The fourth-order valence-electron chi connectivity index (χ4n) is 2.98. The van der Waals surface area contributed by atoms with Crippen LogP contribution >= 0.6 is 11.8 Å². The molecule has 0 saturated carbocycles. The fourth-order valence-corrected chi connectivity index (χ4v) is 3.74. The van der Waals surface area contributed by atoms with Gasteiger partial charge in [-0.15, -0.1) is 5.10 Å². The third-order valence-electron chi connectivity index (χ3n) is 4.06. The Morgan fingerprint density at radius 3 is 2.25 bits per heavy atom. The summed E-state index contributed by atoms with van der Waals surface area (Å²) < 4.78 is 3.79. The standard InChI is InChI=1S/C17H17N5OS/c1-21-17(18-19-20-21)24-11-12(23)10-22-15-8-4-2-6-13(15)14-7-3-5-9-16(14)22/h2-9,12,23H,10-11H2,1H3/t12-/m0/s1. The van der Waals surface area contributed by atoms with E-state index in [1.54, 1.807) is 11.7 Å². The number of hydrogen-bond donors (Lipinski definition) is 1. The van der Waals surface area contributed by atoms with Crippen molar-refractivity contribution < 1.29 is 5.11 Å². The molecule has 7 heteroatoms. The molecule has 4 rings (SSSR count). The number of benzene rings is 2. The van der Waals surface area contributed by atoms with Crippen LogP contribution in [0.4, 0.5) is 0 Å². The summed E-state index contributed by atoms with van der Waals surface area (Å²) in [4.78, 5) is 0. The highest BCUT2D eigenvalue weighted by molar-refractivity contribution is 7.99. The van der Waals surface area contributed by atoms with Crippen LogP contribution in [0.25, 0.3) is 21.8 Å². The molecule has 4 aromatic rings. The van der Waals surface area contributed by atoms with Gasteiger partial charge in [-0.05, 0) is 22.6 Å². The Kier molecular flexibility index (Phi) is 3.95. The van der Waals surface area contributed by atoms with Crippen LogP contribution < -0.4 is 0 Å². The molecule has 0 spiro atoms. The number of para-hydroxylation sites is 2. The van der Waals surface area contributed by atoms with Gasteiger partial charge in [0.15, 0.2) is 0 Å². The highest BCUT2D eigenvalue weighted by Crippen LogP contribution is 2.29. The lowest BCUT2D eigenvalue weighted by Gasteiger charge is -2.13. The molecular formula is C17H17N5OS. The van der Waals surface area contributed by atoms with Crippen molar-refractivity contribution in [2.24, 2.45) is 7.05 Å². The van der Waals surface area contributed by atoms with Crippen molar-refractivity contribution in [3.8, 4) is 0 Å². The molecule has 0 radical (unpaired) electrons. The molecule has 0 fully saturated rings. The Bertz CT molecular complexity index is 940. The summed E-state index contributed by atoms with van der Waals surface area (Å²) in [7, 11) is 1.79. The zero-order valence-corrected chi connectivity index (χ0v) is 14.0. The number of nitrogens with zero attached hydrogens (tertiary/aromatic N) is 5. The largest absolute Gasteiger partial charge is 0.390 e. The molecule has 0 unspecified atom stereocenters. The number of rotatable bonds is 5. The van der Waals surface area contributed by atoms with Crippen LogP contribution in [-0.4, -0.2) is 41.7 Å². The molecular weight excluding hydrogens is 322 g/mol. The van der Waals surface area contributed by atoms with E-state index in [0.29, 0.717) is 17.5 Å². The third-order valence-corrected chi connectivity index (χ3v) is 5.21. The van der Waals surface area contributed by atoms with Crippen molar-refractivity contribution in [1.82, 2.24) is 24.8 Å². The Morgan fingerprint density at radius 2 is 1.67 bits per heavy atom. The first-order valence-electron chi connectivity index (χ1n) is 7.73. The zero-order valence-electron chi connectivity index (χ0n) is 13.2. The molecule has 0 aliphatic heterocycles. The lowest BCUT2D eigenvalue weighted by atomic mass is 10.2. The monoisotopic (exact) mass is 339 g/mol. The average molecular weight is 339 g/mol. The summed E-state index contributed by atoms with van der Waals surface area (Å²) in [6.45, 7) is 0.534. The van der Waals surface area contributed by atoms with Gasteiger partial charge in [-0.1, -0.05) is 48.2 Å². The van der Waals surface area contributed by atoms with Crippen molar-refractivity contribution >= 4 is 33.6 Å². The highest BCUT2D eigenvalue weighted by atomic mass is 32.2. The first-order valence-corrected chi connectivity index (χ1v) is 8.72. The second-order valence-corrected chi connectivity index (χ2v) is 6.68. The van der Waals surface area contributed by atoms with Gasteiger partial charge in [0.1, 0.15) is 0 Å². The molecule has 0 saturated heterocycles. The number of tetrazole rings is 1. The van der Waals surface area contributed by atoms with Crippen LogP contribution in [0.5, 0.6) is 0 Å². The van der Waals surface area contributed by atoms with Crippen LogP contribution in [-0.2, 0) is 13.6 Å². The molecule has 6 nitrogen and oxygen atoms in total. The SMILES string of the molecule is Cn1nnnc1SC[C@@H](O)Cn1c2ccccc2c2ccccc21. The molecule has 0 bridgehead atoms. The molecule has 1 N–H and O–H groups in total. The van der Waals surface area contributed by atoms with Crippen LogP contribution in [0.3, 0.4) is 0 Å². The summed E-state index contributed by atoms with van der Waals surface area (Å²) in [5.74, 6) is 0.537. The van der Waals surface area contributed by atoms with Gasteiger partial charge in [0.25, 0.3) is 0 Å². The van der Waals surface area contributed by atoms with Crippen molar-refractivity contribution in [2.75, 3.05) is 5.75 Å². The molecule has 0 aliphatic carbocycles. The summed E-state index contributed by atoms with van der Waals surface area (Å²) in [6, 6.07) is 16.6. The van der Waals surface area contributed by atoms with Gasteiger partial charge >= 0.3 is 0 Å². The van der Waals surface area contributed by atoms with E-state index in [0.717, 1.165) is 11.0 Å². The van der Waals surface area contributed by atoms with Crippen molar-refractivity contribution in [3.05, 3.63) is 48.5 Å². The highest BCUT2D eigenvalue weighted by Gasteiger charge is 2.14. The van der Waals surface area contributed by atoms with Gasteiger partial charge < -0.3 is 9.67 Å². The lowest BCUT2D eigenvalue weighted by Crippen LogP contribution is -2.18. The average Bonchev–Trinajstić information content (AvgIpc) is 3.16. The number of fused-ring (bicyclic) bond motifs is 3. The zero-order chi connectivity index (χ0) is 16.5. The summed E-state index contributed by atoms with van der Waals surface area (Å²) in [5.41, 5.74) is 2.28. The molecule has 2 aromatic heterocycles. The van der Waals surface area contributed by atoms with E-state index in [4.69, 9.17) is 0 Å². The maximum Gasteiger partial charge on any atom is 0.209 e. The van der Waals surface area contributed by atoms with E-state index in [1.165, 1.54) is 22.5 Å². The van der Waals surface area contributed by atoms with Gasteiger partial charge in [0.2, 0.25) is 5.16 Å². The van der Waals surface area contributed by atoms with Gasteiger partial charge in [-0.2, -0.15) is 0 Å². The first-order chi connectivity index (χ1) is 11.7. The number of thioether (sulfide) groups is 1. The Labute approximate surface area is 143 Å². The van der Waals surface area contributed by atoms with Crippen LogP contribution in [0.1, 0.15) is 0 Å². The molecule has 2 heterocycles. The summed E-state index contributed by atoms with van der Waals surface area (Å²) in [6.07, 6.45) is -0.495. The second-order valence-electron chi connectivity index (χ2n) is 5.69. The maximum absolute atomic E-state index is 10.5. The number of aliphatic hydroxyl groups excluding tert-OH is 1. The van der Waals surface area contributed by atoms with E-state index in [1.807, 2.05) is 24.3 Å². The minimum Gasteiger partial charge on any atom is -0.390 e. The van der Waals surface area contributed by atoms with Gasteiger partial charge in [0.05, 0.1) is 12.6 Å². The normalized spacial score (nSPS) is 12.9. The van der Waals surface area contributed by atoms with Crippen molar-refractivity contribution in [1.29, 1.82) is 0 Å². The van der Waals surface area contributed by atoms with Crippen molar-refractivity contribution in [3.63, 3.8) is 0 Å². The van der Waals surface area contributed by atoms with Crippen LogP contribution in [0, 0.1) is 0 Å². The molecule has 122 valence electrons. The fraction of sp³-hybridized carbons (Fsp3) is 0.235. The number of aromatic nitrogens is 5. The van der Waals surface area contributed by atoms with E-state index >= 15 is 0 Å². The number of hydrogen-bond acceptors (Lipinski definition) is 5. The van der Waals surface area contributed by atoms with E-state index in [-0.39, 0.29) is 0 Å². The second kappa shape index (κ2) is 6.26. The summed E-state index contributed by atoms with van der Waals surface area (Å²) in [5, 5.41) is 25.0. The quantitative estimate of drug-likeness (QED) is 0.566. The van der Waals surface area contributed by atoms with Crippen molar-refractivity contribution in [2.45, 2.75) is 17.8 Å². The van der Waals surface area contributed by atoms with Crippen LogP contribution in [0.2, 0.25) is 0 Å². The Hall–Kier alpha value is -2.38. The lowest BCUT2D eigenvalue weighted by molar-refractivity contribution is 0.181. The maximum atomic E-state index is 10.5. The molecule has 0 aliphatic rings. The number of aliphatic hydroxyl groups is 1. The smallest absolute Gasteiger partial charge is 0.209 e. The predicted molar refractivity (Wildman–Crippen MR) is 95.0 cm³/mol. The predicted octanol–water partition coefficient (Wildman–Crippen LogP) is 2.47. The third kappa shape index (κ3) is 2.65. The molecule has 1 atom stereocenters. The van der Waals surface area contributed by atoms with E-state index < -0.39 is 6.10 Å². The molecule has 0 amide bonds. The van der Waals surface area contributed by atoms with Gasteiger partial charge in [-0.25, -0.2) is 4.68 Å². The van der Waals surface area contributed by atoms with E-state index in [2.05, 4.69) is 44.4 Å². The van der Waals surface area contributed by atoms with Gasteiger partial charge in [0, 0.05) is 34.6 Å². The van der Waals surface area contributed by atoms with E-state index in [9.17, 15) is 5.11 Å². The molecule has 24 heavy (non-hydrogen) atoms. The summed E-state index contributed by atoms with van der Waals surface area (Å²) >= 11 is 1.46. The van der Waals surface area contributed by atoms with Crippen LogP contribution in [0.15, 0.2) is 53.7 Å². The first kappa shape index (κ1) is 15.2. The Balaban J connectivity index is 1.62. The minimum atomic E-state index is -0.495.